The van der Waals surface area contributed by atoms with Gasteiger partial charge in [0.05, 0.1) is 18.1 Å². The average Bonchev–Trinajstić information content (AvgIpc) is 3.00. The van der Waals surface area contributed by atoms with E-state index in [-0.39, 0.29) is 57.3 Å². The van der Waals surface area contributed by atoms with Crippen molar-refractivity contribution in [3.8, 4) is 5.75 Å². The number of hydrogen-bond acceptors (Lipinski definition) is 8. The lowest BCUT2D eigenvalue weighted by atomic mass is 9.77. The molecule has 2 aliphatic heterocycles. The minimum atomic E-state index is -4.41. The van der Waals surface area contributed by atoms with E-state index in [2.05, 4.69) is 0 Å². The number of ether oxygens (including phenoxy) is 1. The molecule has 3 unspecified atom stereocenters. The van der Waals surface area contributed by atoms with Crippen molar-refractivity contribution in [2.24, 2.45) is 5.92 Å². The van der Waals surface area contributed by atoms with Gasteiger partial charge in [-0.25, -0.2) is 18.6 Å². The number of halogens is 2. The van der Waals surface area contributed by atoms with E-state index in [1.807, 2.05) is 4.83 Å². The van der Waals surface area contributed by atoms with Crippen LogP contribution in [-0.2, 0) is 26.4 Å². The summed E-state index contributed by atoms with van der Waals surface area (Å²) < 4.78 is 63.2. The number of anilines is 1. The maximum atomic E-state index is 13.6. The number of piperazine rings is 1. The Morgan fingerprint density at radius 3 is 2.20 bits per heavy atom. The van der Waals surface area contributed by atoms with Gasteiger partial charge in [-0.3, -0.25) is 9.35 Å². The quantitative estimate of drug-likeness (QED) is 0.191. The van der Waals surface area contributed by atoms with Crippen LogP contribution in [0.25, 0.3) is 0 Å². The minimum Gasteiger partial charge on any atom is -0.508 e. The number of aliphatic hydroxyl groups is 1. The standard InChI is InChI=1S/C30H32F2N4O8S/c31-21-4-2-20(3-5-21)26(37)12-11-25-28(36(29(25)39)23-8-6-22(32)7-9-23)24-10-1-19(17-27(24)38)18-44-30(40)34-13-15-35(16-14-34)33-45(41,42)43/h1-10,17,25-26,28,33,37-38H,11-16,18H2,(H,41,42,43). The summed E-state index contributed by atoms with van der Waals surface area (Å²) in [4.78, 5) is 30.7. The van der Waals surface area contributed by atoms with Crippen LogP contribution in [0.15, 0.2) is 66.7 Å². The summed E-state index contributed by atoms with van der Waals surface area (Å²) in [5.74, 6) is -1.93. The lowest BCUT2D eigenvalue weighted by Gasteiger charge is -2.48. The van der Waals surface area contributed by atoms with E-state index in [9.17, 15) is 37.0 Å². The normalized spacial score (nSPS) is 19.7. The van der Waals surface area contributed by atoms with E-state index in [1.54, 1.807) is 12.1 Å². The highest BCUT2D eigenvalue weighted by Crippen LogP contribution is 2.48. The Kier molecular flexibility index (Phi) is 9.65. The minimum absolute atomic E-state index is 0.136. The molecule has 5 rings (SSSR count). The number of hydrogen-bond donors (Lipinski definition) is 4. The summed E-state index contributed by atoms with van der Waals surface area (Å²) in [6.07, 6.45) is -1.13. The molecule has 0 spiro atoms. The molecular weight excluding hydrogens is 614 g/mol. The van der Waals surface area contributed by atoms with Crippen molar-refractivity contribution in [1.29, 1.82) is 0 Å². The number of carbonyl (C=O) groups is 2. The van der Waals surface area contributed by atoms with E-state index in [0.717, 1.165) is 0 Å². The number of β-lactam (4-membered cyclic amide) rings is 1. The van der Waals surface area contributed by atoms with Gasteiger partial charge in [-0.1, -0.05) is 24.3 Å². The van der Waals surface area contributed by atoms with Crippen LogP contribution in [0.1, 0.15) is 41.7 Å². The maximum Gasteiger partial charge on any atom is 0.410 e. The molecule has 45 heavy (non-hydrogen) atoms. The Bertz CT molecular complexity index is 1630. The van der Waals surface area contributed by atoms with Gasteiger partial charge in [-0.05, 0) is 66.4 Å². The number of amides is 2. The lowest BCUT2D eigenvalue weighted by Crippen LogP contribution is -2.55. The summed E-state index contributed by atoms with van der Waals surface area (Å²) in [5, 5.41) is 23.0. The SMILES string of the molecule is O=C(OCc1ccc(C2C(CCC(O)c3ccc(F)cc3)C(=O)N2c2ccc(F)cc2)c(O)c1)N1CCN(NS(=O)(=O)O)CC1. The molecule has 0 bridgehead atoms. The first-order valence-corrected chi connectivity index (χ1v) is 15.6. The number of hydrazine groups is 1. The highest BCUT2D eigenvalue weighted by atomic mass is 32.2. The first-order chi connectivity index (χ1) is 21.4. The topological polar surface area (TPSA) is 160 Å². The monoisotopic (exact) mass is 646 g/mol. The zero-order chi connectivity index (χ0) is 32.3. The van der Waals surface area contributed by atoms with Crippen molar-refractivity contribution in [2.45, 2.75) is 31.6 Å². The third kappa shape index (κ3) is 7.75. The van der Waals surface area contributed by atoms with Crippen molar-refractivity contribution in [3.63, 3.8) is 0 Å². The van der Waals surface area contributed by atoms with Crippen molar-refractivity contribution in [3.05, 3.63) is 95.1 Å². The van der Waals surface area contributed by atoms with E-state index >= 15 is 0 Å². The first kappa shape index (κ1) is 32.2. The summed E-state index contributed by atoms with van der Waals surface area (Å²) in [6, 6.07) is 14.9. The molecule has 15 heteroatoms. The molecule has 0 radical (unpaired) electrons. The third-order valence-corrected chi connectivity index (χ3v) is 8.37. The molecule has 0 saturated carbocycles. The maximum absolute atomic E-state index is 13.6. The van der Waals surface area contributed by atoms with Crippen LogP contribution in [0, 0.1) is 17.6 Å². The largest absolute Gasteiger partial charge is 0.508 e. The van der Waals surface area contributed by atoms with E-state index in [4.69, 9.17) is 9.29 Å². The molecule has 2 heterocycles. The predicted molar refractivity (Wildman–Crippen MR) is 157 cm³/mol. The molecule has 0 aromatic heterocycles. The second kappa shape index (κ2) is 13.5. The zero-order valence-corrected chi connectivity index (χ0v) is 24.7. The zero-order valence-electron chi connectivity index (χ0n) is 23.9. The molecular formula is C30H32F2N4O8S. The van der Waals surface area contributed by atoms with Crippen molar-refractivity contribution in [2.75, 3.05) is 31.1 Å². The van der Waals surface area contributed by atoms with Gasteiger partial charge < -0.3 is 24.7 Å². The fraction of sp³-hybridized carbons (Fsp3) is 0.333. The predicted octanol–water partition coefficient (Wildman–Crippen LogP) is 3.45. The highest BCUT2D eigenvalue weighted by Gasteiger charge is 2.49. The Balaban J connectivity index is 1.26. The van der Waals surface area contributed by atoms with Gasteiger partial charge in [-0.15, -0.1) is 4.83 Å². The van der Waals surface area contributed by atoms with Crippen molar-refractivity contribution >= 4 is 28.0 Å². The van der Waals surface area contributed by atoms with Gasteiger partial charge in [0.1, 0.15) is 24.0 Å². The van der Waals surface area contributed by atoms with E-state index in [1.165, 1.54) is 69.4 Å². The number of rotatable bonds is 10. The summed E-state index contributed by atoms with van der Waals surface area (Å²) in [6.45, 7) is 0.401. The molecule has 2 fully saturated rings. The van der Waals surface area contributed by atoms with Gasteiger partial charge >= 0.3 is 16.4 Å². The Hall–Kier alpha value is -4.15. The lowest BCUT2D eigenvalue weighted by molar-refractivity contribution is -0.131. The molecule has 3 aromatic carbocycles. The van der Waals surface area contributed by atoms with Crippen LogP contribution in [0.2, 0.25) is 0 Å². The molecule has 3 aromatic rings. The van der Waals surface area contributed by atoms with E-state index < -0.39 is 46.1 Å². The number of benzene rings is 3. The molecule has 2 amide bonds. The van der Waals surface area contributed by atoms with Crippen LogP contribution in [0.3, 0.4) is 0 Å². The summed E-state index contributed by atoms with van der Waals surface area (Å²) in [7, 11) is -4.41. The molecule has 0 aliphatic carbocycles. The van der Waals surface area contributed by atoms with Crippen LogP contribution in [0.5, 0.6) is 5.75 Å². The Labute approximate surface area is 258 Å². The Morgan fingerprint density at radius 2 is 1.60 bits per heavy atom. The number of aliphatic hydroxyl groups excluding tert-OH is 1. The molecule has 2 saturated heterocycles. The molecule has 3 atom stereocenters. The van der Waals surface area contributed by atoms with Gasteiger partial charge in [0.25, 0.3) is 0 Å². The number of nitrogens with one attached hydrogen (secondary N) is 1. The molecule has 240 valence electrons. The number of carbonyl (C=O) groups excluding carboxylic acids is 2. The van der Waals surface area contributed by atoms with Crippen LogP contribution >= 0.6 is 0 Å². The molecule has 12 nitrogen and oxygen atoms in total. The molecule has 2 aliphatic rings. The molecule has 4 N–H and O–H groups in total. The smallest absolute Gasteiger partial charge is 0.410 e. The fourth-order valence-electron chi connectivity index (χ4n) is 5.57. The number of nitrogens with zero attached hydrogens (tertiary/aromatic N) is 3. The van der Waals surface area contributed by atoms with E-state index in [0.29, 0.717) is 22.4 Å². The van der Waals surface area contributed by atoms with Gasteiger partial charge in [-0.2, -0.15) is 8.42 Å². The number of phenols is 1. The first-order valence-electron chi connectivity index (χ1n) is 14.1. The second-order valence-electron chi connectivity index (χ2n) is 10.9. The Morgan fingerprint density at radius 1 is 0.978 bits per heavy atom. The van der Waals surface area contributed by atoms with Crippen molar-refractivity contribution in [1.82, 2.24) is 14.7 Å². The highest BCUT2D eigenvalue weighted by molar-refractivity contribution is 7.83. The third-order valence-electron chi connectivity index (χ3n) is 7.88. The number of phenolic OH excluding ortho intramolecular Hbond substituents is 1. The van der Waals surface area contributed by atoms with Crippen LogP contribution < -0.4 is 9.73 Å². The van der Waals surface area contributed by atoms with Gasteiger partial charge in [0.2, 0.25) is 5.91 Å². The fourth-order valence-corrected chi connectivity index (χ4v) is 6.08. The summed E-state index contributed by atoms with van der Waals surface area (Å²) in [5.41, 5.74) is 1.83. The van der Waals surface area contributed by atoms with Gasteiger partial charge in [0.15, 0.2) is 0 Å². The second-order valence-corrected chi connectivity index (χ2v) is 12.0. The van der Waals surface area contributed by atoms with Crippen LogP contribution in [-0.4, -0.2) is 71.3 Å². The van der Waals surface area contributed by atoms with Crippen LogP contribution in [0.4, 0.5) is 19.3 Å². The number of aromatic hydroxyl groups is 1. The van der Waals surface area contributed by atoms with Gasteiger partial charge in [0, 0.05) is 37.4 Å². The summed E-state index contributed by atoms with van der Waals surface area (Å²) >= 11 is 0. The van der Waals surface area contributed by atoms with Crippen molar-refractivity contribution < 1.29 is 46.3 Å². The average molecular weight is 647 g/mol.